The van der Waals surface area contributed by atoms with Gasteiger partial charge in [-0.25, -0.2) is 4.98 Å². The van der Waals surface area contributed by atoms with Crippen LogP contribution in [0.15, 0.2) is 18.2 Å². The molecule has 1 saturated heterocycles. The zero-order valence-electron chi connectivity index (χ0n) is 18.0. The third-order valence-corrected chi connectivity index (χ3v) is 7.17. The van der Waals surface area contributed by atoms with E-state index in [1.54, 1.807) is 11.3 Å². The summed E-state index contributed by atoms with van der Waals surface area (Å²) in [4.78, 5) is 35.1. The van der Waals surface area contributed by atoms with Crippen molar-refractivity contribution in [1.82, 2.24) is 9.88 Å². The van der Waals surface area contributed by atoms with Gasteiger partial charge in [-0.05, 0) is 56.4 Å². The van der Waals surface area contributed by atoms with E-state index in [1.165, 1.54) is 4.88 Å². The molecule has 7 heteroatoms. The molecule has 2 heterocycles. The Morgan fingerprint density at radius 3 is 2.50 bits per heavy atom. The van der Waals surface area contributed by atoms with Crippen molar-refractivity contribution < 1.29 is 9.59 Å². The van der Waals surface area contributed by atoms with E-state index < -0.39 is 0 Å². The van der Waals surface area contributed by atoms with Crippen LogP contribution in [0.3, 0.4) is 0 Å². The van der Waals surface area contributed by atoms with Gasteiger partial charge in [-0.1, -0.05) is 13.0 Å². The van der Waals surface area contributed by atoms with E-state index in [-0.39, 0.29) is 17.7 Å². The summed E-state index contributed by atoms with van der Waals surface area (Å²) in [5, 5.41) is 4.15. The lowest BCUT2D eigenvalue weighted by Crippen LogP contribution is -2.48. The maximum Gasteiger partial charge on any atom is 0.227 e. The highest BCUT2D eigenvalue weighted by Gasteiger charge is 2.29. The molecule has 0 spiro atoms. The Hall–Kier alpha value is -2.41. The van der Waals surface area contributed by atoms with Gasteiger partial charge < -0.3 is 15.1 Å². The molecule has 6 nitrogen and oxygen atoms in total. The summed E-state index contributed by atoms with van der Waals surface area (Å²) in [6.45, 7) is 9.19. The lowest BCUT2D eigenvalue weighted by molar-refractivity contribution is -0.131. The van der Waals surface area contributed by atoms with Crippen LogP contribution in [0.2, 0.25) is 0 Å². The Kier molecular flexibility index (Phi) is 6.09. The van der Waals surface area contributed by atoms with Crippen molar-refractivity contribution in [2.75, 3.05) is 36.4 Å². The molecule has 1 aromatic heterocycles. The standard InChI is InChI=1S/C23H30N4O2S/c1-4-21(28)26-7-9-27(10-8-26)23-25-19-6-5-17(14-20(19)30-23)22(29)24-18-12-15(2)11-16(3)13-18/h11-13,17H,4-10,14H2,1-3H3,(H,24,29)/t17-/m1/s1. The number of nitrogens with one attached hydrogen (secondary N) is 1. The number of carbonyl (C=O) groups is 2. The van der Waals surface area contributed by atoms with Gasteiger partial charge in [0.15, 0.2) is 5.13 Å². The number of aromatic nitrogens is 1. The molecule has 1 N–H and O–H groups in total. The molecule has 1 aliphatic heterocycles. The summed E-state index contributed by atoms with van der Waals surface area (Å²) < 4.78 is 0. The molecule has 160 valence electrons. The number of nitrogens with zero attached hydrogens (tertiary/aromatic N) is 3. The smallest absolute Gasteiger partial charge is 0.227 e. The van der Waals surface area contributed by atoms with E-state index in [2.05, 4.69) is 16.3 Å². The molecule has 1 fully saturated rings. The molecule has 0 saturated carbocycles. The minimum atomic E-state index is -0.00867. The Morgan fingerprint density at radius 2 is 1.83 bits per heavy atom. The third kappa shape index (κ3) is 4.51. The van der Waals surface area contributed by atoms with Crippen molar-refractivity contribution in [2.45, 2.75) is 46.5 Å². The number of amides is 2. The molecule has 1 aromatic carbocycles. The number of hydrogen-bond donors (Lipinski definition) is 1. The van der Waals surface area contributed by atoms with Crippen LogP contribution in [0.1, 0.15) is 41.5 Å². The van der Waals surface area contributed by atoms with E-state index >= 15 is 0 Å². The number of fused-ring (bicyclic) bond motifs is 1. The Balaban J connectivity index is 1.38. The summed E-state index contributed by atoms with van der Waals surface area (Å²) in [7, 11) is 0. The monoisotopic (exact) mass is 426 g/mol. The van der Waals surface area contributed by atoms with Crippen molar-refractivity contribution in [3.05, 3.63) is 39.9 Å². The van der Waals surface area contributed by atoms with Gasteiger partial charge in [0.25, 0.3) is 0 Å². The van der Waals surface area contributed by atoms with Crippen LogP contribution >= 0.6 is 11.3 Å². The van der Waals surface area contributed by atoms with Gasteiger partial charge in [0.2, 0.25) is 11.8 Å². The number of thiazole rings is 1. The highest BCUT2D eigenvalue weighted by atomic mass is 32.1. The number of rotatable bonds is 4. The van der Waals surface area contributed by atoms with Crippen LogP contribution in [0.5, 0.6) is 0 Å². The van der Waals surface area contributed by atoms with Crippen molar-refractivity contribution in [2.24, 2.45) is 5.92 Å². The van der Waals surface area contributed by atoms with Crippen molar-refractivity contribution in [3.8, 4) is 0 Å². The molecule has 0 radical (unpaired) electrons. The first-order valence-corrected chi connectivity index (χ1v) is 11.6. The maximum atomic E-state index is 12.9. The summed E-state index contributed by atoms with van der Waals surface area (Å²) in [5.41, 5.74) is 4.35. The normalized spacial score (nSPS) is 18.8. The average Bonchev–Trinajstić information content (AvgIpc) is 3.16. The summed E-state index contributed by atoms with van der Waals surface area (Å²) in [6, 6.07) is 6.15. The molecule has 1 atom stereocenters. The molecule has 2 aromatic rings. The fourth-order valence-electron chi connectivity index (χ4n) is 4.38. The van der Waals surface area contributed by atoms with E-state index in [0.717, 1.165) is 73.1 Å². The Labute approximate surface area is 182 Å². The number of anilines is 2. The Morgan fingerprint density at radius 1 is 1.13 bits per heavy atom. The van der Waals surface area contributed by atoms with Crippen molar-refractivity contribution in [1.29, 1.82) is 0 Å². The first kappa shape index (κ1) is 20.8. The minimum Gasteiger partial charge on any atom is -0.345 e. The molecular formula is C23H30N4O2S. The van der Waals surface area contributed by atoms with Gasteiger partial charge in [0.05, 0.1) is 5.69 Å². The van der Waals surface area contributed by atoms with E-state index in [0.29, 0.717) is 6.42 Å². The minimum absolute atomic E-state index is 0.00867. The first-order valence-electron chi connectivity index (χ1n) is 10.8. The van der Waals surface area contributed by atoms with Crippen LogP contribution in [-0.4, -0.2) is 47.9 Å². The molecule has 0 bridgehead atoms. The fourth-order valence-corrected chi connectivity index (χ4v) is 5.62. The number of hydrogen-bond acceptors (Lipinski definition) is 5. The Bertz CT molecular complexity index is 926. The average molecular weight is 427 g/mol. The third-order valence-electron chi connectivity index (χ3n) is 5.99. The highest BCUT2D eigenvalue weighted by Crippen LogP contribution is 2.35. The zero-order valence-corrected chi connectivity index (χ0v) is 18.8. The van der Waals surface area contributed by atoms with Crippen molar-refractivity contribution >= 4 is 34.0 Å². The van der Waals surface area contributed by atoms with Gasteiger partial charge in [0.1, 0.15) is 0 Å². The molecule has 0 unspecified atom stereocenters. The first-order chi connectivity index (χ1) is 14.4. The molecule has 1 aliphatic carbocycles. The number of piperazine rings is 1. The predicted octanol–water partition coefficient (Wildman–Crippen LogP) is 3.56. The van der Waals surface area contributed by atoms with Gasteiger partial charge >= 0.3 is 0 Å². The van der Waals surface area contributed by atoms with Crippen LogP contribution < -0.4 is 10.2 Å². The quantitative estimate of drug-likeness (QED) is 0.812. The predicted molar refractivity (Wildman–Crippen MR) is 121 cm³/mol. The summed E-state index contributed by atoms with van der Waals surface area (Å²) >= 11 is 1.72. The molecular weight excluding hydrogens is 396 g/mol. The lowest BCUT2D eigenvalue weighted by Gasteiger charge is -2.34. The molecule has 2 aliphatic rings. The van der Waals surface area contributed by atoms with E-state index in [9.17, 15) is 9.59 Å². The number of benzene rings is 1. The largest absolute Gasteiger partial charge is 0.345 e. The second-order valence-corrected chi connectivity index (χ2v) is 9.46. The van der Waals surface area contributed by atoms with Gasteiger partial charge in [-0.2, -0.15) is 0 Å². The summed E-state index contributed by atoms with van der Waals surface area (Å²) in [6.07, 6.45) is 3.02. The zero-order chi connectivity index (χ0) is 21.3. The maximum absolute atomic E-state index is 12.9. The lowest BCUT2D eigenvalue weighted by atomic mass is 9.90. The second-order valence-electron chi connectivity index (χ2n) is 8.39. The van der Waals surface area contributed by atoms with E-state index in [1.807, 2.05) is 37.8 Å². The molecule has 4 rings (SSSR count). The topological polar surface area (TPSA) is 65.5 Å². The van der Waals surface area contributed by atoms with Gasteiger partial charge in [-0.3, -0.25) is 9.59 Å². The highest BCUT2D eigenvalue weighted by molar-refractivity contribution is 7.15. The molecule has 2 amide bonds. The second kappa shape index (κ2) is 8.76. The van der Waals surface area contributed by atoms with Crippen LogP contribution in [0, 0.1) is 19.8 Å². The van der Waals surface area contributed by atoms with Crippen LogP contribution in [0.4, 0.5) is 10.8 Å². The fraction of sp³-hybridized carbons (Fsp3) is 0.522. The van der Waals surface area contributed by atoms with Gasteiger partial charge in [-0.15, -0.1) is 11.3 Å². The number of carbonyl (C=O) groups excluding carboxylic acids is 2. The summed E-state index contributed by atoms with van der Waals surface area (Å²) in [5.74, 6) is 0.323. The SMILES string of the molecule is CCC(=O)N1CCN(c2nc3c(s2)C[C@H](C(=O)Nc2cc(C)cc(C)c2)CC3)CC1. The van der Waals surface area contributed by atoms with Crippen molar-refractivity contribution in [3.63, 3.8) is 0 Å². The molecule has 30 heavy (non-hydrogen) atoms. The van der Waals surface area contributed by atoms with Crippen LogP contribution in [-0.2, 0) is 22.4 Å². The van der Waals surface area contributed by atoms with E-state index in [4.69, 9.17) is 4.98 Å². The van der Waals surface area contributed by atoms with Gasteiger partial charge in [0, 0.05) is 49.1 Å². The van der Waals surface area contributed by atoms with Crippen LogP contribution in [0.25, 0.3) is 0 Å². The number of aryl methyl sites for hydroxylation is 3.